The first-order valence-electron chi connectivity index (χ1n) is 6.81. The molecule has 0 aliphatic heterocycles. The molecule has 4 aromatic rings. The number of rotatable bonds is 2. The van der Waals surface area contributed by atoms with Gasteiger partial charge in [-0.2, -0.15) is 5.10 Å². The van der Waals surface area contributed by atoms with Crippen molar-refractivity contribution in [1.29, 1.82) is 0 Å². The number of hydrogen-bond donors (Lipinski definition) is 0. The second-order valence-electron chi connectivity index (χ2n) is 4.84. The van der Waals surface area contributed by atoms with E-state index in [4.69, 9.17) is 11.6 Å². The molecule has 0 aliphatic carbocycles. The summed E-state index contributed by atoms with van der Waals surface area (Å²) in [7, 11) is 0. The molecule has 0 spiro atoms. The van der Waals surface area contributed by atoms with Crippen LogP contribution in [0.5, 0.6) is 0 Å². The van der Waals surface area contributed by atoms with Crippen LogP contribution in [0.2, 0.25) is 5.02 Å². The molecule has 0 unspecified atom stereocenters. The predicted molar refractivity (Wildman–Crippen MR) is 84.4 cm³/mol. The molecule has 1 aromatic carbocycles. The second-order valence-corrected chi connectivity index (χ2v) is 5.24. The summed E-state index contributed by atoms with van der Waals surface area (Å²) in [5.74, 6) is 0.0233. The number of pyridine rings is 1. The van der Waals surface area contributed by atoms with Gasteiger partial charge in [0.15, 0.2) is 11.5 Å². The molecule has 0 atom stereocenters. The van der Waals surface area contributed by atoms with Crippen LogP contribution in [0.1, 0.15) is 0 Å². The van der Waals surface area contributed by atoms with Crippen molar-refractivity contribution in [3.05, 3.63) is 65.7 Å². The van der Waals surface area contributed by atoms with Crippen LogP contribution in [0.25, 0.3) is 28.3 Å². The third-order valence-electron chi connectivity index (χ3n) is 3.36. The zero-order valence-corrected chi connectivity index (χ0v) is 12.4. The number of halogens is 2. The molecule has 0 N–H and O–H groups in total. The van der Waals surface area contributed by atoms with E-state index in [0.717, 1.165) is 5.56 Å². The molecule has 4 rings (SSSR count). The summed E-state index contributed by atoms with van der Waals surface area (Å²) >= 11 is 5.88. The van der Waals surface area contributed by atoms with Gasteiger partial charge < -0.3 is 0 Å². The Bertz CT molecular complexity index is 981. The van der Waals surface area contributed by atoms with Crippen LogP contribution in [0, 0.1) is 5.82 Å². The van der Waals surface area contributed by atoms with Crippen molar-refractivity contribution in [3.8, 4) is 22.6 Å². The van der Waals surface area contributed by atoms with Gasteiger partial charge in [0.1, 0.15) is 5.82 Å². The molecule has 112 valence electrons. The lowest BCUT2D eigenvalue weighted by atomic mass is 10.1. The van der Waals surface area contributed by atoms with Crippen molar-refractivity contribution in [2.24, 2.45) is 0 Å². The Labute approximate surface area is 135 Å². The Morgan fingerprint density at radius 3 is 2.74 bits per heavy atom. The minimum Gasteiger partial charge on any atom is -0.255 e. The van der Waals surface area contributed by atoms with Gasteiger partial charge in [-0.15, -0.1) is 9.73 Å². The maximum atomic E-state index is 13.4. The lowest BCUT2D eigenvalue weighted by Crippen LogP contribution is -1.93. The van der Waals surface area contributed by atoms with E-state index in [-0.39, 0.29) is 5.02 Å². The number of hydrogen-bond acceptors (Lipinski definition) is 4. The standard InChI is InChI=1S/C16H9ClFN5/c17-12-9-10(5-6-13(12)18)15-11(3-1-7-19-15)16-21-14-4-2-8-20-23(14)22-16/h1-9H. The first-order chi connectivity index (χ1) is 11.2. The predicted octanol–water partition coefficient (Wildman–Crippen LogP) is 3.65. The molecule has 0 saturated heterocycles. The quantitative estimate of drug-likeness (QED) is 0.564. The fraction of sp³-hybridized carbons (Fsp3) is 0. The van der Waals surface area contributed by atoms with Crippen molar-refractivity contribution in [1.82, 2.24) is 24.8 Å². The van der Waals surface area contributed by atoms with Gasteiger partial charge in [0.05, 0.1) is 10.7 Å². The SMILES string of the molecule is Fc1ccc(-c2ncccc2-c2nc3cccnn3n2)cc1Cl. The Balaban J connectivity index is 1.91. The van der Waals surface area contributed by atoms with Gasteiger partial charge in [-0.25, -0.2) is 9.37 Å². The monoisotopic (exact) mass is 325 g/mol. The highest BCUT2D eigenvalue weighted by molar-refractivity contribution is 6.31. The van der Waals surface area contributed by atoms with Gasteiger partial charge in [0.2, 0.25) is 0 Å². The van der Waals surface area contributed by atoms with E-state index < -0.39 is 5.82 Å². The van der Waals surface area contributed by atoms with Crippen molar-refractivity contribution in [2.45, 2.75) is 0 Å². The van der Waals surface area contributed by atoms with E-state index >= 15 is 0 Å². The van der Waals surface area contributed by atoms with Gasteiger partial charge in [0, 0.05) is 23.5 Å². The normalized spacial score (nSPS) is 11.0. The highest BCUT2D eigenvalue weighted by Crippen LogP contribution is 2.30. The zero-order valence-electron chi connectivity index (χ0n) is 11.7. The van der Waals surface area contributed by atoms with Crippen LogP contribution in [0.3, 0.4) is 0 Å². The van der Waals surface area contributed by atoms with E-state index in [1.54, 1.807) is 30.6 Å². The summed E-state index contributed by atoms with van der Waals surface area (Å²) < 4.78 is 14.8. The minimum atomic E-state index is -0.469. The first-order valence-corrected chi connectivity index (χ1v) is 7.19. The summed E-state index contributed by atoms with van der Waals surface area (Å²) in [6.07, 6.45) is 3.29. The average Bonchev–Trinajstić information content (AvgIpc) is 3.01. The van der Waals surface area contributed by atoms with Crippen LogP contribution in [0.4, 0.5) is 4.39 Å². The third kappa shape index (κ3) is 2.43. The van der Waals surface area contributed by atoms with Gasteiger partial charge >= 0.3 is 0 Å². The lowest BCUT2D eigenvalue weighted by Gasteiger charge is -2.06. The van der Waals surface area contributed by atoms with Crippen LogP contribution < -0.4 is 0 Å². The summed E-state index contributed by atoms with van der Waals surface area (Å²) in [4.78, 5) is 8.83. The van der Waals surface area contributed by atoms with Gasteiger partial charge in [-0.1, -0.05) is 11.6 Å². The van der Waals surface area contributed by atoms with Crippen LogP contribution in [0.15, 0.2) is 54.9 Å². The molecule has 7 heteroatoms. The Hall–Kier alpha value is -2.86. The van der Waals surface area contributed by atoms with E-state index in [9.17, 15) is 4.39 Å². The summed E-state index contributed by atoms with van der Waals surface area (Å²) in [6.45, 7) is 0. The Kier molecular flexibility index (Phi) is 3.24. The maximum absolute atomic E-state index is 13.4. The van der Waals surface area contributed by atoms with E-state index in [2.05, 4.69) is 20.2 Å². The summed E-state index contributed by atoms with van der Waals surface area (Å²) in [6, 6.07) is 11.7. The molecular formula is C16H9ClFN5. The molecule has 0 fully saturated rings. The molecule has 0 aliphatic rings. The maximum Gasteiger partial charge on any atom is 0.186 e. The Morgan fingerprint density at radius 2 is 1.91 bits per heavy atom. The largest absolute Gasteiger partial charge is 0.255 e. The molecular weight excluding hydrogens is 317 g/mol. The highest BCUT2D eigenvalue weighted by Gasteiger charge is 2.14. The molecule has 0 bridgehead atoms. The van der Waals surface area contributed by atoms with Crippen molar-refractivity contribution < 1.29 is 4.39 Å². The zero-order chi connectivity index (χ0) is 15.8. The van der Waals surface area contributed by atoms with Crippen LogP contribution >= 0.6 is 11.6 Å². The number of fused-ring (bicyclic) bond motifs is 1. The van der Waals surface area contributed by atoms with E-state index in [1.165, 1.54) is 16.8 Å². The lowest BCUT2D eigenvalue weighted by molar-refractivity contribution is 0.628. The molecule has 0 radical (unpaired) electrons. The fourth-order valence-electron chi connectivity index (χ4n) is 2.31. The fourth-order valence-corrected chi connectivity index (χ4v) is 2.49. The molecule has 23 heavy (non-hydrogen) atoms. The van der Waals surface area contributed by atoms with Gasteiger partial charge in [-0.3, -0.25) is 4.98 Å². The second kappa shape index (κ2) is 5.40. The molecule has 3 aromatic heterocycles. The van der Waals surface area contributed by atoms with Crippen molar-refractivity contribution >= 4 is 17.2 Å². The van der Waals surface area contributed by atoms with Gasteiger partial charge in [-0.05, 0) is 42.5 Å². The van der Waals surface area contributed by atoms with Crippen LogP contribution in [-0.4, -0.2) is 24.8 Å². The summed E-state index contributed by atoms with van der Waals surface area (Å²) in [5.41, 5.74) is 2.68. The minimum absolute atomic E-state index is 0.0451. The topological polar surface area (TPSA) is 56.0 Å². The van der Waals surface area contributed by atoms with Crippen molar-refractivity contribution in [2.75, 3.05) is 0 Å². The number of benzene rings is 1. The number of aromatic nitrogens is 5. The number of nitrogens with zero attached hydrogens (tertiary/aromatic N) is 5. The Morgan fingerprint density at radius 1 is 1.04 bits per heavy atom. The van der Waals surface area contributed by atoms with E-state index in [1.807, 2.05) is 12.1 Å². The molecule has 0 saturated carbocycles. The molecule has 0 amide bonds. The molecule has 3 heterocycles. The van der Waals surface area contributed by atoms with Crippen LogP contribution in [-0.2, 0) is 0 Å². The first kappa shape index (κ1) is 13.8. The molecule has 5 nitrogen and oxygen atoms in total. The van der Waals surface area contributed by atoms with E-state index in [0.29, 0.717) is 22.7 Å². The smallest absolute Gasteiger partial charge is 0.186 e. The van der Waals surface area contributed by atoms with Gasteiger partial charge in [0.25, 0.3) is 0 Å². The summed E-state index contributed by atoms with van der Waals surface area (Å²) in [5, 5.41) is 8.51. The average molecular weight is 326 g/mol. The van der Waals surface area contributed by atoms with Crippen molar-refractivity contribution in [3.63, 3.8) is 0 Å². The highest BCUT2D eigenvalue weighted by atomic mass is 35.5. The third-order valence-corrected chi connectivity index (χ3v) is 3.65.